The molecule has 1 amide bonds. The number of piperidine rings is 1. The van der Waals surface area contributed by atoms with Crippen molar-refractivity contribution in [2.45, 2.75) is 24.0 Å². The number of nitrogens with zero attached hydrogens (tertiary/aromatic N) is 3. The van der Waals surface area contributed by atoms with E-state index in [1.165, 1.54) is 4.88 Å². The van der Waals surface area contributed by atoms with Crippen molar-refractivity contribution in [2.75, 3.05) is 32.9 Å². The Morgan fingerprint density at radius 3 is 2.76 bits per heavy atom. The fraction of sp³-hybridized carbons (Fsp3) is 0.455. The molecule has 7 heteroatoms. The molecule has 1 aliphatic heterocycles. The highest BCUT2D eigenvalue weighted by atomic mass is 32.2. The molecule has 0 saturated carbocycles. The summed E-state index contributed by atoms with van der Waals surface area (Å²) in [4.78, 5) is 21.3. The highest BCUT2D eigenvalue weighted by molar-refractivity contribution is 8.00. The summed E-state index contributed by atoms with van der Waals surface area (Å²) >= 11 is 3.63. The zero-order valence-electron chi connectivity index (χ0n) is 17.3. The number of hydrogen-bond donors (Lipinski definition) is 1. The number of imidazole rings is 1. The van der Waals surface area contributed by atoms with Crippen molar-refractivity contribution in [1.29, 1.82) is 0 Å². The summed E-state index contributed by atoms with van der Waals surface area (Å²) in [5, 5.41) is 5.28. The topological polar surface area (TPSA) is 50.2 Å². The number of aryl methyl sites for hydroxylation is 1. The van der Waals surface area contributed by atoms with Gasteiger partial charge in [0, 0.05) is 35.2 Å². The predicted molar refractivity (Wildman–Crippen MR) is 123 cm³/mol. The van der Waals surface area contributed by atoms with Gasteiger partial charge in [0.05, 0.1) is 11.0 Å². The summed E-state index contributed by atoms with van der Waals surface area (Å²) in [5.74, 6) is 1.01. The molecule has 1 saturated heterocycles. The van der Waals surface area contributed by atoms with E-state index in [-0.39, 0.29) is 10.7 Å². The maximum Gasteiger partial charge on any atom is 0.251 e. The summed E-state index contributed by atoms with van der Waals surface area (Å²) < 4.78 is 2.27. The smallest absolute Gasteiger partial charge is 0.251 e. The molecular formula is C22H28N4OS2. The Morgan fingerprint density at radius 1 is 1.28 bits per heavy atom. The number of carbonyl (C=O) groups excluding carboxylic acids is 1. The third-order valence-corrected chi connectivity index (χ3v) is 8.35. The number of thiophene rings is 1. The first-order chi connectivity index (χ1) is 14.0. The van der Waals surface area contributed by atoms with E-state index in [1.54, 1.807) is 11.3 Å². The number of nitrogens with one attached hydrogen (secondary N) is 1. The van der Waals surface area contributed by atoms with Crippen LogP contribution >= 0.6 is 23.1 Å². The number of fused-ring (bicyclic) bond motifs is 1. The van der Waals surface area contributed by atoms with Gasteiger partial charge >= 0.3 is 0 Å². The third kappa shape index (κ3) is 4.37. The van der Waals surface area contributed by atoms with Crippen molar-refractivity contribution < 1.29 is 4.79 Å². The van der Waals surface area contributed by atoms with Crippen molar-refractivity contribution in [1.82, 2.24) is 19.8 Å². The van der Waals surface area contributed by atoms with Gasteiger partial charge in [0.1, 0.15) is 5.82 Å². The second-order valence-electron chi connectivity index (χ2n) is 7.92. The molecule has 3 heterocycles. The zero-order chi connectivity index (χ0) is 20.4. The number of carbonyl (C=O) groups is 1. The minimum Gasteiger partial charge on any atom is -0.351 e. The van der Waals surface area contributed by atoms with E-state index in [2.05, 4.69) is 45.6 Å². The van der Waals surface area contributed by atoms with E-state index < -0.39 is 0 Å². The van der Waals surface area contributed by atoms with Crippen LogP contribution in [-0.4, -0.2) is 58.0 Å². The van der Waals surface area contributed by atoms with Crippen LogP contribution in [0.5, 0.6) is 0 Å². The Kier molecular flexibility index (Phi) is 5.99. The van der Waals surface area contributed by atoms with Crippen molar-refractivity contribution in [3.8, 4) is 0 Å². The number of hydrogen-bond acceptors (Lipinski definition) is 5. The minimum absolute atomic E-state index is 0.00953. The van der Waals surface area contributed by atoms with Crippen LogP contribution in [0.1, 0.15) is 33.9 Å². The normalized spacial score (nSPS) is 16.9. The summed E-state index contributed by atoms with van der Waals surface area (Å²) in [6, 6.07) is 10.0. The van der Waals surface area contributed by atoms with E-state index >= 15 is 0 Å². The first-order valence-electron chi connectivity index (χ1n) is 9.99. The summed E-state index contributed by atoms with van der Waals surface area (Å²) in [7, 11) is 4.21. The van der Waals surface area contributed by atoms with Gasteiger partial charge < -0.3 is 14.8 Å². The Balaban J connectivity index is 1.48. The molecule has 154 valence electrons. The van der Waals surface area contributed by atoms with Crippen LogP contribution < -0.4 is 5.32 Å². The summed E-state index contributed by atoms with van der Waals surface area (Å²) in [6.45, 7) is 2.89. The lowest BCUT2D eigenvalue weighted by Crippen LogP contribution is -2.47. The molecule has 3 aromatic rings. The Hall–Kier alpha value is -1.83. The van der Waals surface area contributed by atoms with Gasteiger partial charge in [0.25, 0.3) is 5.91 Å². The first kappa shape index (κ1) is 20.4. The van der Waals surface area contributed by atoms with Crippen LogP contribution in [0.3, 0.4) is 0 Å². The van der Waals surface area contributed by atoms with E-state index in [0.29, 0.717) is 12.1 Å². The molecule has 0 unspecified atom stereocenters. The maximum absolute atomic E-state index is 12.8. The van der Waals surface area contributed by atoms with Crippen LogP contribution in [0, 0.1) is 0 Å². The Bertz CT molecular complexity index is 988. The minimum atomic E-state index is -0.00953. The molecule has 1 aliphatic rings. The molecule has 0 spiro atoms. The average Bonchev–Trinajstić information content (AvgIpc) is 3.36. The molecular weight excluding hydrogens is 400 g/mol. The largest absolute Gasteiger partial charge is 0.351 e. The van der Waals surface area contributed by atoms with Gasteiger partial charge in [-0.1, -0.05) is 6.07 Å². The summed E-state index contributed by atoms with van der Waals surface area (Å²) in [6.07, 6.45) is 5.19. The predicted octanol–water partition coefficient (Wildman–Crippen LogP) is 3.78. The average molecular weight is 429 g/mol. The van der Waals surface area contributed by atoms with Crippen molar-refractivity contribution in [2.24, 2.45) is 7.05 Å². The number of benzene rings is 1. The van der Waals surface area contributed by atoms with E-state index in [4.69, 9.17) is 4.98 Å². The number of likely N-dealkylation sites (tertiary alicyclic amines) is 1. The molecule has 1 aromatic carbocycles. The van der Waals surface area contributed by atoms with Gasteiger partial charge in [-0.15, -0.1) is 11.3 Å². The van der Waals surface area contributed by atoms with Crippen LogP contribution in [0.2, 0.25) is 0 Å². The van der Waals surface area contributed by atoms with Gasteiger partial charge in [-0.25, -0.2) is 4.98 Å². The van der Waals surface area contributed by atoms with Crippen molar-refractivity contribution >= 4 is 40.0 Å². The molecule has 0 aliphatic carbocycles. The van der Waals surface area contributed by atoms with Gasteiger partial charge in [0.2, 0.25) is 0 Å². The van der Waals surface area contributed by atoms with Crippen LogP contribution in [0.4, 0.5) is 0 Å². The van der Waals surface area contributed by atoms with E-state index in [1.807, 2.05) is 37.0 Å². The molecule has 29 heavy (non-hydrogen) atoms. The lowest BCUT2D eigenvalue weighted by Gasteiger charge is -2.39. The highest BCUT2D eigenvalue weighted by Crippen LogP contribution is 2.33. The fourth-order valence-electron chi connectivity index (χ4n) is 3.94. The zero-order valence-corrected chi connectivity index (χ0v) is 18.9. The highest BCUT2D eigenvalue weighted by Gasteiger charge is 2.33. The number of aromatic nitrogens is 2. The Morgan fingerprint density at radius 2 is 2.07 bits per heavy atom. The van der Waals surface area contributed by atoms with Crippen molar-refractivity contribution in [3.63, 3.8) is 0 Å². The van der Waals surface area contributed by atoms with E-state index in [9.17, 15) is 4.79 Å². The monoisotopic (exact) mass is 428 g/mol. The van der Waals surface area contributed by atoms with Crippen molar-refractivity contribution in [3.05, 3.63) is 52.0 Å². The second-order valence-corrected chi connectivity index (χ2v) is 10.2. The molecule has 5 nitrogen and oxygen atoms in total. The molecule has 0 radical (unpaired) electrons. The SMILES string of the molecule is CSC1(CNC(=O)c2ccc3c(c2)nc(Cc2cccs2)n3C)CCN(C)CC1. The van der Waals surface area contributed by atoms with Gasteiger partial charge in [-0.2, -0.15) is 11.8 Å². The quantitative estimate of drug-likeness (QED) is 0.649. The molecule has 1 fully saturated rings. The van der Waals surface area contributed by atoms with Crippen LogP contribution in [0.25, 0.3) is 11.0 Å². The number of rotatable bonds is 6. The maximum atomic E-state index is 12.8. The number of amides is 1. The Labute approximate surface area is 180 Å². The number of thioether (sulfide) groups is 1. The van der Waals surface area contributed by atoms with E-state index in [0.717, 1.165) is 49.2 Å². The van der Waals surface area contributed by atoms with Gasteiger partial charge in [-0.05, 0) is 68.9 Å². The van der Waals surface area contributed by atoms with Gasteiger partial charge in [-0.3, -0.25) is 4.79 Å². The lowest BCUT2D eigenvalue weighted by atomic mass is 9.95. The molecule has 0 atom stereocenters. The first-order valence-corrected chi connectivity index (χ1v) is 12.1. The third-order valence-electron chi connectivity index (χ3n) is 6.05. The second kappa shape index (κ2) is 8.50. The summed E-state index contributed by atoms with van der Waals surface area (Å²) in [5.41, 5.74) is 2.62. The fourth-order valence-corrected chi connectivity index (χ4v) is 5.45. The standard InChI is InChI=1S/C22H28N4OS2/c1-25-10-8-22(28-3,9-11-25)15-23-21(27)16-6-7-19-18(13-16)24-20(26(19)2)14-17-5-4-12-29-17/h4-7,12-13H,8-11,14-15H2,1-3H3,(H,23,27). The van der Waals surface area contributed by atoms with Crippen LogP contribution in [0.15, 0.2) is 35.7 Å². The molecule has 2 aromatic heterocycles. The van der Waals surface area contributed by atoms with Crippen LogP contribution in [-0.2, 0) is 13.5 Å². The van der Waals surface area contributed by atoms with Gasteiger partial charge in [0.15, 0.2) is 0 Å². The lowest BCUT2D eigenvalue weighted by molar-refractivity contribution is 0.0944. The molecule has 1 N–H and O–H groups in total. The molecule has 0 bridgehead atoms. The molecule has 4 rings (SSSR count).